The fraction of sp³-hybridized carbons (Fsp3) is 0.0625. The van der Waals surface area contributed by atoms with E-state index in [1.165, 1.54) is 0 Å². The zero-order valence-electron chi connectivity index (χ0n) is 9.76. The van der Waals surface area contributed by atoms with Crippen molar-refractivity contribution in [3.05, 3.63) is 65.2 Å². The van der Waals surface area contributed by atoms with Crippen molar-refractivity contribution in [2.24, 2.45) is 0 Å². The summed E-state index contributed by atoms with van der Waals surface area (Å²) in [5, 5.41) is 8.91. The van der Waals surface area contributed by atoms with Crippen LogP contribution in [0.3, 0.4) is 0 Å². The van der Waals surface area contributed by atoms with Crippen LogP contribution in [0, 0.1) is 11.3 Å². The predicted molar refractivity (Wildman–Crippen MR) is 71.0 cm³/mol. The van der Waals surface area contributed by atoms with Crippen LogP contribution in [-0.2, 0) is 0 Å². The van der Waals surface area contributed by atoms with Crippen LogP contribution in [0.5, 0.6) is 5.75 Å². The molecule has 0 spiro atoms. The molecule has 0 saturated carbocycles. The quantitative estimate of drug-likeness (QED) is 0.755. The number of nitrogens with zero attached hydrogens (tertiary/aromatic N) is 1. The van der Waals surface area contributed by atoms with E-state index in [0.717, 1.165) is 22.4 Å². The Morgan fingerprint density at radius 3 is 2.67 bits per heavy atom. The molecule has 0 unspecified atom stereocenters. The molecule has 18 heavy (non-hydrogen) atoms. The lowest BCUT2D eigenvalue weighted by Crippen LogP contribution is -2.06. The molecule has 2 aromatic rings. The minimum atomic E-state index is 0.572. The second-order valence-corrected chi connectivity index (χ2v) is 4.19. The molecule has 2 nitrogen and oxygen atoms in total. The molecule has 0 radical (unpaired) electrons. The van der Waals surface area contributed by atoms with Crippen LogP contribution in [-0.4, -0.2) is 6.61 Å². The van der Waals surface area contributed by atoms with Crippen LogP contribution in [0.15, 0.2) is 48.5 Å². The Balaban J connectivity index is 2.06. The average Bonchev–Trinajstić information content (AvgIpc) is 2.47. The van der Waals surface area contributed by atoms with Gasteiger partial charge in [-0.1, -0.05) is 30.3 Å². The highest BCUT2D eigenvalue weighted by atomic mass is 16.5. The Morgan fingerprint density at radius 2 is 1.89 bits per heavy atom. The summed E-state index contributed by atoms with van der Waals surface area (Å²) in [7, 11) is 0. The second kappa shape index (κ2) is 4.38. The van der Waals surface area contributed by atoms with E-state index >= 15 is 0 Å². The molecule has 0 aromatic heterocycles. The fourth-order valence-electron chi connectivity index (χ4n) is 2.07. The summed E-state index contributed by atoms with van der Waals surface area (Å²) < 4.78 is 5.71. The average molecular weight is 233 g/mol. The van der Waals surface area contributed by atoms with Gasteiger partial charge in [0.2, 0.25) is 0 Å². The van der Waals surface area contributed by atoms with Crippen LogP contribution in [0.25, 0.3) is 11.6 Å². The Bertz CT molecular complexity index is 651. The van der Waals surface area contributed by atoms with Gasteiger partial charge >= 0.3 is 0 Å². The number of hydrogen-bond acceptors (Lipinski definition) is 2. The third kappa shape index (κ3) is 1.87. The molecule has 0 saturated heterocycles. The largest absolute Gasteiger partial charge is 0.488 e. The van der Waals surface area contributed by atoms with E-state index in [0.29, 0.717) is 12.2 Å². The lowest BCUT2D eigenvalue weighted by Gasteiger charge is -2.18. The van der Waals surface area contributed by atoms with Crippen molar-refractivity contribution in [1.29, 1.82) is 5.26 Å². The molecule has 1 aliphatic rings. The van der Waals surface area contributed by atoms with Gasteiger partial charge in [0.1, 0.15) is 12.4 Å². The van der Waals surface area contributed by atoms with Crippen LogP contribution < -0.4 is 4.74 Å². The zero-order chi connectivity index (χ0) is 12.4. The molecule has 0 atom stereocenters. The second-order valence-electron chi connectivity index (χ2n) is 4.19. The summed E-state index contributed by atoms with van der Waals surface area (Å²) in [4.78, 5) is 0. The Morgan fingerprint density at radius 1 is 1.06 bits per heavy atom. The zero-order valence-corrected chi connectivity index (χ0v) is 9.76. The standard InChI is InChI=1S/C16H11NO/c17-10-12-6-7-16-14(8-12)9-15(11-18-16)13-4-2-1-3-5-13/h1-9H,11H2. The SMILES string of the molecule is N#Cc1ccc2c(c1)C=C(c1ccccc1)CO2. The predicted octanol–water partition coefficient (Wildman–Crippen LogP) is 3.49. The summed E-state index contributed by atoms with van der Waals surface area (Å²) in [6.45, 7) is 0.572. The topological polar surface area (TPSA) is 33.0 Å². The fourth-order valence-corrected chi connectivity index (χ4v) is 2.07. The number of benzene rings is 2. The maximum absolute atomic E-state index is 8.91. The highest BCUT2D eigenvalue weighted by Crippen LogP contribution is 2.30. The summed E-state index contributed by atoms with van der Waals surface area (Å²) in [6.07, 6.45) is 2.09. The van der Waals surface area contributed by atoms with E-state index in [-0.39, 0.29) is 0 Å². The number of fused-ring (bicyclic) bond motifs is 1. The van der Waals surface area contributed by atoms with Gasteiger partial charge in [0, 0.05) is 5.56 Å². The van der Waals surface area contributed by atoms with Gasteiger partial charge in [0.25, 0.3) is 0 Å². The van der Waals surface area contributed by atoms with Crippen LogP contribution in [0.2, 0.25) is 0 Å². The van der Waals surface area contributed by atoms with E-state index < -0.39 is 0 Å². The van der Waals surface area contributed by atoms with Crippen molar-refractivity contribution in [3.63, 3.8) is 0 Å². The van der Waals surface area contributed by atoms with Gasteiger partial charge < -0.3 is 4.74 Å². The van der Waals surface area contributed by atoms with Gasteiger partial charge in [-0.3, -0.25) is 0 Å². The first-order valence-corrected chi connectivity index (χ1v) is 5.80. The maximum atomic E-state index is 8.91. The van der Waals surface area contributed by atoms with Crippen molar-refractivity contribution in [2.75, 3.05) is 6.61 Å². The highest BCUT2D eigenvalue weighted by molar-refractivity contribution is 5.85. The van der Waals surface area contributed by atoms with Crippen molar-refractivity contribution in [2.45, 2.75) is 0 Å². The first kappa shape index (κ1) is 10.6. The Hall–Kier alpha value is -2.53. The number of hydrogen-bond donors (Lipinski definition) is 0. The minimum Gasteiger partial charge on any atom is -0.488 e. The molecule has 3 rings (SSSR count). The van der Waals surface area contributed by atoms with Gasteiger partial charge in [-0.15, -0.1) is 0 Å². The molecular weight excluding hydrogens is 222 g/mol. The van der Waals surface area contributed by atoms with Crippen LogP contribution in [0.1, 0.15) is 16.7 Å². The van der Waals surface area contributed by atoms with E-state index in [1.807, 2.05) is 30.3 Å². The van der Waals surface area contributed by atoms with Crippen LogP contribution >= 0.6 is 0 Å². The van der Waals surface area contributed by atoms with E-state index in [1.54, 1.807) is 6.07 Å². The van der Waals surface area contributed by atoms with Crippen molar-refractivity contribution in [1.82, 2.24) is 0 Å². The number of ether oxygens (including phenoxy) is 1. The number of nitriles is 1. The minimum absolute atomic E-state index is 0.572. The van der Waals surface area contributed by atoms with Gasteiger partial charge in [0.05, 0.1) is 11.6 Å². The molecule has 0 fully saturated rings. The Kier molecular flexibility index (Phi) is 2.59. The molecule has 0 amide bonds. The van der Waals surface area contributed by atoms with Gasteiger partial charge in [-0.05, 0) is 35.4 Å². The third-order valence-corrected chi connectivity index (χ3v) is 3.00. The van der Waals surface area contributed by atoms with Crippen molar-refractivity contribution in [3.8, 4) is 11.8 Å². The molecule has 86 valence electrons. The third-order valence-electron chi connectivity index (χ3n) is 3.00. The van der Waals surface area contributed by atoms with Crippen molar-refractivity contribution >= 4 is 11.6 Å². The van der Waals surface area contributed by atoms with E-state index in [9.17, 15) is 0 Å². The molecule has 1 heterocycles. The lowest BCUT2D eigenvalue weighted by molar-refractivity contribution is 0.366. The summed E-state index contributed by atoms with van der Waals surface area (Å²) >= 11 is 0. The molecule has 2 heteroatoms. The number of rotatable bonds is 1. The van der Waals surface area contributed by atoms with Crippen LogP contribution in [0.4, 0.5) is 0 Å². The lowest BCUT2D eigenvalue weighted by atomic mass is 10.00. The van der Waals surface area contributed by atoms with Gasteiger partial charge in [-0.25, -0.2) is 0 Å². The summed E-state index contributed by atoms with van der Waals surface area (Å²) in [6, 6.07) is 17.8. The monoisotopic (exact) mass is 233 g/mol. The van der Waals surface area contributed by atoms with Gasteiger partial charge in [-0.2, -0.15) is 5.26 Å². The highest BCUT2D eigenvalue weighted by Gasteiger charge is 2.12. The molecular formula is C16H11NO. The normalized spacial score (nSPS) is 12.9. The molecule has 1 aliphatic heterocycles. The van der Waals surface area contributed by atoms with Gasteiger partial charge in [0.15, 0.2) is 0 Å². The van der Waals surface area contributed by atoms with E-state index in [4.69, 9.17) is 10.00 Å². The first-order chi connectivity index (χ1) is 8.86. The summed E-state index contributed by atoms with van der Waals surface area (Å²) in [5.41, 5.74) is 3.92. The maximum Gasteiger partial charge on any atom is 0.127 e. The molecule has 0 N–H and O–H groups in total. The molecule has 0 aliphatic carbocycles. The molecule has 0 bridgehead atoms. The first-order valence-electron chi connectivity index (χ1n) is 5.80. The molecule has 2 aromatic carbocycles. The van der Waals surface area contributed by atoms with E-state index in [2.05, 4.69) is 24.3 Å². The van der Waals surface area contributed by atoms with Crippen molar-refractivity contribution < 1.29 is 4.74 Å². The Labute approximate surface area is 106 Å². The summed E-state index contributed by atoms with van der Waals surface area (Å²) in [5.74, 6) is 0.841. The smallest absolute Gasteiger partial charge is 0.127 e.